The van der Waals surface area contributed by atoms with E-state index in [0.29, 0.717) is 17.9 Å². The number of hydrogen-bond acceptors (Lipinski definition) is 4. The fourth-order valence-electron chi connectivity index (χ4n) is 2.68. The van der Waals surface area contributed by atoms with Crippen LogP contribution in [0, 0.1) is 0 Å². The first kappa shape index (κ1) is 23.4. The zero-order chi connectivity index (χ0) is 20.7. The summed E-state index contributed by atoms with van der Waals surface area (Å²) in [6, 6.07) is 21.3. The maximum absolute atomic E-state index is 12.6. The van der Waals surface area contributed by atoms with Gasteiger partial charge in [0, 0.05) is 6.54 Å². The third-order valence-electron chi connectivity index (χ3n) is 3.96. The third kappa shape index (κ3) is 6.86. The molecular weight excluding hydrogens is 419 g/mol. The van der Waals surface area contributed by atoms with Gasteiger partial charge in [-0.05, 0) is 41.0 Å². The van der Waals surface area contributed by atoms with Gasteiger partial charge in [0.05, 0.1) is 0 Å². The summed E-state index contributed by atoms with van der Waals surface area (Å²) in [7, 11) is 0. The molecule has 4 nitrogen and oxygen atoms in total. The molecule has 0 heterocycles. The lowest BCUT2D eigenvalue weighted by Gasteiger charge is -2.15. The summed E-state index contributed by atoms with van der Waals surface area (Å²) < 4.78 is 53.1. The Hall–Kier alpha value is -2.90. The highest BCUT2D eigenvalue weighted by Crippen LogP contribution is 2.36. The molecule has 8 heteroatoms. The first-order chi connectivity index (χ1) is 13.9. The van der Waals surface area contributed by atoms with Gasteiger partial charge in [-0.25, -0.2) is 0 Å². The minimum absolute atomic E-state index is 0. The Morgan fingerprint density at radius 2 is 1.50 bits per heavy atom. The summed E-state index contributed by atoms with van der Waals surface area (Å²) in [5.74, 6) is 0.207. The number of ether oxygens (including phenoxy) is 3. The van der Waals surface area contributed by atoms with Gasteiger partial charge in [-0.2, -0.15) is 0 Å². The summed E-state index contributed by atoms with van der Waals surface area (Å²) in [6.45, 7) is 0.643. The zero-order valence-corrected chi connectivity index (χ0v) is 16.7. The Labute approximate surface area is 178 Å². The van der Waals surface area contributed by atoms with Gasteiger partial charge in [-0.1, -0.05) is 48.5 Å². The molecule has 0 aliphatic heterocycles. The molecule has 0 fully saturated rings. The van der Waals surface area contributed by atoms with Crippen LogP contribution < -0.4 is 19.9 Å². The van der Waals surface area contributed by atoms with E-state index in [1.807, 2.05) is 54.6 Å². The Morgan fingerprint density at radius 3 is 2.20 bits per heavy atom. The lowest BCUT2D eigenvalue weighted by Crippen LogP contribution is -2.18. The molecule has 3 aromatic carbocycles. The number of hydrogen-bond donors (Lipinski definition) is 1. The Balaban J connectivity index is 0.00000320. The van der Waals surface area contributed by atoms with E-state index in [1.165, 1.54) is 18.2 Å². The lowest BCUT2D eigenvalue weighted by molar-refractivity contribution is -0.275. The van der Waals surface area contributed by atoms with Crippen LogP contribution >= 0.6 is 12.4 Å². The van der Waals surface area contributed by atoms with Crippen molar-refractivity contribution in [2.45, 2.75) is 13.0 Å². The van der Waals surface area contributed by atoms with E-state index in [9.17, 15) is 13.2 Å². The van der Waals surface area contributed by atoms with Gasteiger partial charge in [0.25, 0.3) is 0 Å². The smallest absolute Gasteiger partial charge is 0.489 e. The first-order valence-corrected chi connectivity index (χ1v) is 8.94. The average Bonchev–Trinajstić information content (AvgIpc) is 2.71. The molecule has 0 aliphatic carbocycles. The zero-order valence-electron chi connectivity index (χ0n) is 15.9. The molecule has 30 heavy (non-hydrogen) atoms. The molecule has 0 radical (unpaired) electrons. The number of alkyl halides is 3. The van der Waals surface area contributed by atoms with Crippen LogP contribution in [-0.4, -0.2) is 19.5 Å². The molecule has 0 spiro atoms. The van der Waals surface area contributed by atoms with Crippen molar-refractivity contribution in [3.63, 3.8) is 0 Å². The van der Waals surface area contributed by atoms with Crippen molar-refractivity contribution >= 4 is 12.4 Å². The van der Waals surface area contributed by atoms with Crippen molar-refractivity contribution in [3.8, 4) is 28.4 Å². The van der Waals surface area contributed by atoms with Gasteiger partial charge < -0.3 is 19.9 Å². The molecular formula is C22H21ClF3NO3. The van der Waals surface area contributed by atoms with E-state index in [4.69, 9.17) is 15.2 Å². The van der Waals surface area contributed by atoms with Gasteiger partial charge in [0.2, 0.25) is 0 Å². The largest absolute Gasteiger partial charge is 0.573 e. The monoisotopic (exact) mass is 439 g/mol. The molecule has 0 aliphatic rings. The van der Waals surface area contributed by atoms with Crippen LogP contribution in [0.1, 0.15) is 5.56 Å². The molecule has 3 rings (SSSR count). The molecule has 0 saturated carbocycles. The molecule has 0 aromatic heterocycles. The van der Waals surface area contributed by atoms with E-state index in [-0.39, 0.29) is 31.3 Å². The van der Waals surface area contributed by atoms with Crippen molar-refractivity contribution in [2.75, 3.05) is 13.2 Å². The highest BCUT2D eigenvalue weighted by atomic mass is 35.5. The van der Waals surface area contributed by atoms with Crippen molar-refractivity contribution in [1.82, 2.24) is 0 Å². The molecule has 0 saturated heterocycles. The predicted octanol–water partition coefficient (Wildman–Crippen LogP) is 5.59. The van der Waals surface area contributed by atoms with Crippen molar-refractivity contribution in [3.05, 3.63) is 78.4 Å². The molecule has 3 aromatic rings. The van der Waals surface area contributed by atoms with Gasteiger partial charge in [0.15, 0.2) is 11.5 Å². The van der Waals surface area contributed by atoms with Gasteiger partial charge in [-0.15, -0.1) is 25.6 Å². The van der Waals surface area contributed by atoms with Crippen LogP contribution in [0.25, 0.3) is 11.1 Å². The Kier molecular flexibility index (Phi) is 8.38. The number of rotatable bonds is 8. The molecule has 2 N–H and O–H groups in total. The second-order valence-electron chi connectivity index (χ2n) is 6.15. The minimum atomic E-state index is -4.81. The SMILES string of the molecule is Cl.NCCOc1cc(-c2cccc(OCc3ccccc3)c2)ccc1OC(F)(F)F. The summed E-state index contributed by atoms with van der Waals surface area (Å²) >= 11 is 0. The van der Waals surface area contributed by atoms with E-state index >= 15 is 0 Å². The summed E-state index contributed by atoms with van der Waals surface area (Å²) in [6.07, 6.45) is -4.81. The fraction of sp³-hybridized carbons (Fsp3) is 0.182. The van der Waals surface area contributed by atoms with E-state index < -0.39 is 12.1 Å². The van der Waals surface area contributed by atoms with E-state index in [0.717, 1.165) is 11.1 Å². The second-order valence-corrected chi connectivity index (χ2v) is 6.15. The molecule has 0 atom stereocenters. The second kappa shape index (κ2) is 10.8. The van der Waals surface area contributed by atoms with Crippen molar-refractivity contribution < 1.29 is 27.4 Å². The van der Waals surface area contributed by atoms with Crippen LogP contribution in [0.5, 0.6) is 17.2 Å². The minimum Gasteiger partial charge on any atom is -0.489 e. The van der Waals surface area contributed by atoms with Crippen LogP contribution in [0.15, 0.2) is 72.8 Å². The van der Waals surface area contributed by atoms with Crippen LogP contribution in [0.4, 0.5) is 13.2 Å². The highest BCUT2D eigenvalue weighted by molar-refractivity contribution is 5.85. The highest BCUT2D eigenvalue weighted by Gasteiger charge is 2.32. The molecule has 0 bridgehead atoms. The fourth-order valence-corrected chi connectivity index (χ4v) is 2.68. The van der Waals surface area contributed by atoms with Crippen LogP contribution in [-0.2, 0) is 6.61 Å². The Morgan fingerprint density at radius 1 is 0.767 bits per heavy atom. The molecule has 160 valence electrons. The predicted molar refractivity (Wildman–Crippen MR) is 111 cm³/mol. The molecule has 0 unspecified atom stereocenters. The lowest BCUT2D eigenvalue weighted by atomic mass is 10.0. The van der Waals surface area contributed by atoms with E-state index in [1.54, 1.807) is 0 Å². The van der Waals surface area contributed by atoms with Crippen molar-refractivity contribution in [2.24, 2.45) is 5.73 Å². The number of nitrogens with two attached hydrogens (primary N) is 1. The quantitative estimate of drug-likeness (QED) is 0.497. The summed E-state index contributed by atoms with van der Waals surface area (Å²) in [5.41, 5.74) is 7.86. The van der Waals surface area contributed by atoms with Crippen LogP contribution in [0.3, 0.4) is 0 Å². The summed E-state index contributed by atoms with van der Waals surface area (Å²) in [4.78, 5) is 0. The number of halogens is 4. The van der Waals surface area contributed by atoms with E-state index in [2.05, 4.69) is 4.74 Å². The number of benzene rings is 3. The topological polar surface area (TPSA) is 53.7 Å². The van der Waals surface area contributed by atoms with Gasteiger partial charge in [0.1, 0.15) is 19.0 Å². The standard InChI is InChI=1S/C22H20F3NO3.ClH/c23-22(24,25)29-20-10-9-18(14-21(20)27-12-11-26)17-7-4-8-19(13-17)28-15-16-5-2-1-3-6-16;/h1-10,13-14H,11-12,15,26H2;1H. The molecule has 0 amide bonds. The van der Waals surface area contributed by atoms with Gasteiger partial charge in [-0.3, -0.25) is 0 Å². The third-order valence-corrected chi connectivity index (χ3v) is 3.96. The van der Waals surface area contributed by atoms with Gasteiger partial charge >= 0.3 is 6.36 Å². The van der Waals surface area contributed by atoms with Crippen LogP contribution in [0.2, 0.25) is 0 Å². The summed E-state index contributed by atoms with van der Waals surface area (Å²) in [5, 5.41) is 0. The maximum atomic E-state index is 12.6. The Bertz CT molecular complexity index is 936. The average molecular weight is 440 g/mol. The first-order valence-electron chi connectivity index (χ1n) is 8.94. The normalized spacial score (nSPS) is 10.8. The maximum Gasteiger partial charge on any atom is 0.573 e. The van der Waals surface area contributed by atoms with Crippen molar-refractivity contribution in [1.29, 1.82) is 0 Å².